The Hall–Kier alpha value is -1.32. The van der Waals surface area contributed by atoms with E-state index >= 15 is 0 Å². The summed E-state index contributed by atoms with van der Waals surface area (Å²) in [6.07, 6.45) is 2.34. The Bertz CT molecular complexity index is 443. The molecule has 2 N–H and O–H groups in total. The maximum atomic E-state index is 11.8. The molecule has 3 nitrogen and oxygen atoms in total. The molecule has 4 heteroatoms. The fourth-order valence-electron chi connectivity index (χ4n) is 1.52. The van der Waals surface area contributed by atoms with Crippen LogP contribution in [0.4, 0.5) is 0 Å². The summed E-state index contributed by atoms with van der Waals surface area (Å²) in [5.41, 5.74) is 1.51. The van der Waals surface area contributed by atoms with Crippen molar-refractivity contribution in [2.45, 2.75) is 26.3 Å². The van der Waals surface area contributed by atoms with Gasteiger partial charge in [0, 0.05) is 23.2 Å². The number of aliphatic hydroxyl groups is 1. The number of aliphatic hydroxyl groups excluding tert-OH is 1. The Labute approximate surface area is 112 Å². The summed E-state index contributed by atoms with van der Waals surface area (Å²) in [4.78, 5) is 11.8. The van der Waals surface area contributed by atoms with Crippen molar-refractivity contribution in [1.82, 2.24) is 5.32 Å². The predicted octanol–water partition coefficient (Wildman–Crippen LogP) is 2.63. The van der Waals surface area contributed by atoms with Gasteiger partial charge in [0.2, 0.25) is 5.91 Å². The fraction of sp³-hybridized carbons (Fsp3) is 0.357. The summed E-state index contributed by atoms with van der Waals surface area (Å²) in [6.45, 7) is 3.68. The van der Waals surface area contributed by atoms with Crippen LogP contribution in [0, 0.1) is 0 Å². The standard InChI is InChI=1S/C14H18ClNO2/c1-10(14(18)16-11(2)6-7-17)8-12-4-3-5-13(15)9-12/h3-5,8-9,11,17H,6-7H2,1-2H3,(H,16,18)/b10-8+. The van der Waals surface area contributed by atoms with Gasteiger partial charge in [0.1, 0.15) is 0 Å². The van der Waals surface area contributed by atoms with Crippen molar-refractivity contribution < 1.29 is 9.90 Å². The normalized spacial score (nSPS) is 13.2. The van der Waals surface area contributed by atoms with E-state index in [0.29, 0.717) is 17.0 Å². The topological polar surface area (TPSA) is 49.3 Å². The van der Waals surface area contributed by atoms with Crippen LogP contribution in [0.1, 0.15) is 25.8 Å². The van der Waals surface area contributed by atoms with E-state index in [9.17, 15) is 4.79 Å². The molecule has 1 rings (SSSR count). The van der Waals surface area contributed by atoms with Crippen molar-refractivity contribution in [2.75, 3.05) is 6.61 Å². The molecule has 0 aliphatic heterocycles. The largest absolute Gasteiger partial charge is 0.396 e. The number of rotatable bonds is 5. The Morgan fingerprint density at radius 2 is 2.28 bits per heavy atom. The average Bonchev–Trinajstić information content (AvgIpc) is 2.29. The maximum absolute atomic E-state index is 11.8. The predicted molar refractivity (Wildman–Crippen MR) is 74.4 cm³/mol. The van der Waals surface area contributed by atoms with Crippen LogP contribution in [0.25, 0.3) is 6.08 Å². The summed E-state index contributed by atoms with van der Waals surface area (Å²) < 4.78 is 0. The zero-order valence-electron chi connectivity index (χ0n) is 10.6. The molecule has 0 spiro atoms. The van der Waals surface area contributed by atoms with Crippen molar-refractivity contribution >= 4 is 23.6 Å². The van der Waals surface area contributed by atoms with Gasteiger partial charge in [-0.25, -0.2) is 0 Å². The summed E-state index contributed by atoms with van der Waals surface area (Å²) in [6, 6.07) is 7.28. The van der Waals surface area contributed by atoms with Gasteiger partial charge in [0.15, 0.2) is 0 Å². The SMILES string of the molecule is C/C(=C\c1cccc(Cl)c1)C(=O)NC(C)CCO. The van der Waals surface area contributed by atoms with Crippen LogP contribution in [0.2, 0.25) is 5.02 Å². The van der Waals surface area contributed by atoms with Gasteiger partial charge in [-0.1, -0.05) is 23.7 Å². The first-order valence-electron chi connectivity index (χ1n) is 5.88. The van der Waals surface area contributed by atoms with Crippen LogP contribution in [-0.2, 0) is 4.79 Å². The maximum Gasteiger partial charge on any atom is 0.247 e. The molecule has 0 fully saturated rings. The highest BCUT2D eigenvalue weighted by Gasteiger charge is 2.08. The Morgan fingerprint density at radius 1 is 1.56 bits per heavy atom. The van der Waals surface area contributed by atoms with Crippen LogP contribution in [0.15, 0.2) is 29.8 Å². The second-order valence-corrected chi connectivity index (χ2v) is 4.71. The lowest BCUT2D eigenvalue weighted by molar-refractivity contribution is -0.118. The first-order chi connectivity index (χ1) is 8.52. The van der Waals surface area contributed by atoms with Crippen molar-refractivity contribution in [3.63, 3.8) is 0 Å². The van der Waals surface area contributed by atoms with Crippen LogP contribution in [-0.4, -0.2) is 23.7 Å². The number of benzene rings is 1. The van der Waals surface area contributed by atoms with Crippen molar-refractivity contribution in [3.8, 4) is 0 Å². The van der Waals surface area contributed by atoms with Crippen molar-refractivity contribution in [1.29, 1.82) is 0 Å². The molecule has 0 aliphatic rings. The Kier molecular flexibility index (Phi) is 5.89. The summed E-state index contributed by atoms with van der Waals surface area (Å²) in [5.74, 6) is -0.129. The second-order valence-electron chi connectivity index (χ2n) is 4.27. The number of amides is 1. The van der Waals surface area contributed by atoms with Gasteiger partial charge in [-0.3, -0.25) is 4.79 Å². The van der Waals surface area contributed by atoms with Gasteiger partial charge in [-0.15, -0.1) is 0 Å². The van der Waals surface area contributed by atoms with Gasteiger partial charge in [-0.2, -0.15) is 0 Å². The van der Waals surface area contributed by atoms with Gasteiger partial charge >= 0.3 is 0 Å². The molecule has 1 aromatic rings. The Balaban J connectivity index is 2.68. The zero-order chi connectivity index (χ0) is 13.5. The monoisotopic (exact) mass is 267 g/mol. The second kappa shape index (κ2) is 7.19. The minimum atomic E-state index is -0.129. The number of carbonyl (C=O) groups is 1. The quantitative estimate of drug-likeness (QED) is 0.806. The smallest absolute Gasteiger partial charge is 0.247 e. The lowest BCUT2D eigenvalue weighted by Gasteiger charge is -2.12. The number of carbonyl (C=O) groups excluding carboxylic acids is 1. The molecule has 0 heterocycles. The summed E-state index contributed by atoms with van der Waals surface area (Å²) in [7, 11) is 0. The average molecular weight is 268 g/mol. The minimum Gasteiger partial charge on any atom is -0.396 e. The summed E-state index contributed by atoms with van der Waals surface area (Å²) >= 11 is 5.88. The lowest BCUT2D eigenvalue weighted by atomic mass is 10.1. The minimum absolute atomic E-state index is 0.0368. The zero-order valence-corrected chi connectivity index (χ0v) is 11.4. The van der Waals surface area contributed by atoms with Gasteiger partial charge in [0.25, 0.3) is 0 Å². The molecular formula is C14H18ClNO2. The third-order valence-corrected chi connectivity index (χ3v) is 2.76. The van der Waals surface area contributed by atoms with E-state index in [4.69, 9.17) is 16.7 Å². The molecule has 1 amide bonds. The first-order valence-corrected chi connectivity index (χ1v) is 6.26. The number of hydrogen-bond acceptors (Lipinski definition) is 2. The lowest BCUT2D eigenvalue weighted by Crippen LogP contribution is -2.33. The van der Waals surface area contributed by atoms with E-state index < -0.39 is 0 Å². The highest BCUT2D eigenvalue weighted by molar-refractivity contribution is 6.30. The van der Waals surface area contributed by atoms with E-state index in [1.165, 1.54) is 0 Å². The Morgan fingerprint density at radius 3 is 2.89 bits per heavy atom. The van der Waals surface area contributed by atoms with Crippen molar-refractivity contribution in [2.24, 2.45) is 0 Å². The molecule has 0 saturated heterocycles. The van der Waals surface area contributed by atoms with Gasteiger partial charge < -0.3 is 10.4 Å². The van der Waals surface area contributed by atoms with E-state index in [1.54, 1.807) is 25.1 Å². The molecule has 18 heavy (non-hydrogen) atoms. The molecule has 1 unspecified atom stereocenters. The first kappa shape index (κ1) is 14.7. The van der Waals surface area contributed by atoms with Crippen molar-refractivity contribution in [3.05, 3.63) is 40.4 Å². The molecule has 98 valence electrons. The fourth-order valence-corrected chi connectivity index (χ4v) is 1.71. The number of halogens is 1. The number of nitrogens with one attached hydrogen (secondary N) is 1. The molecule has 0 aromatic heterocycles. The highest BCUT2D eigenvalue weighted by atomic mass is 35.5. The van der Waals surface area contributed by atoms with E-state index in [-0.39, 0.29) is 18.6 Å². The van der Waals surface area contributed by atoms with E-state index in [0.717, 1.165) is 5.56 Å². The van der Waals surface area contributed by atoms with E-state index in [2.05, 4.69) is 5.32 Å². The number of hydrogen-bond donors (Lipinski definition) is 2. The molecule has 1 atom stereocenters. The molecule has 0 saturated carbocycles. The van der Waals surface area contributed by atoms with E-state index in [1.807, 2.05) is 19.1 Å². The molecule has 0 bridgehead atoms. The van der Waals surface area contributed by atoms with Crippen LogP contribution in [0.3, 0.4) is 0 Å². The molecular weight excluding hydrogens is 250 g/mol. The third kappa shape index (κ3) is 4.90. The van der Waals surface area contributed by atoms with Gasteiger partial charge in [-0.05, 0) is 44.0 Å². The van der Waals surface area contributed by atoms with Gasteiger partial charge in [0.05, 0.1) is 0 Å². The van der Waals surface area contributed by atoms with Crippen LogP contribution >= 0.6 is 11.6 Å². The molecule has 0 aliphatic carbocycles. The van der Waals surface area contributed by atoms with Crippen LogP contribution < -0.4 is 5.32 Å². The molecule has 0 radical (unpaired) electrons. The van der Waals surface area contributed by atoms with Crippen LogP contribution in [0.5, 0.6) is 0 Å². The summed E-state index contributed by atoms with van der Waals surface area (Å²) in [5, 5.41) is 12.2. The molecule has 1 aromatic carbocycles. The highest BCUT2D eigenvalue weighted by Crippen LogP contribution is 2.13. The third-order valence-electron chi connectivity index (χ3n) is 2.53.